The lowest BCUT2D eigenvalue weighted by molar-refractivity contribution is 0.000241. The molecule has 2 aliphatic heterocycles. The molecule has 0 spiro atoms. The molecule has 4 rings (SSSR count). The van der Waals surface area contributed by atoms with Crippen LogP contribution in [-0.4, -0.2) is 65.2 Å². The molecule has 1 aromatic carbocycles. The van der Waals surface area contributed by atoms with Gasteiger partial charge in [-0.25, -0.2) is 4.98 Å². The Morgan fingerprint density at radius 3 is 2.66 bits per heavy atom. The fourth-order valence-electron chi connectivity index (χ4n) is 4.54. The van der Waals surface area contributed by atoms with Crippen LogP contribution < -0.4 is 5.56 Å². The van der Waals surface area contributed by atoms with Crippen LogP contribution in [0.5, 0.6) is 0 Å². The number of piperidine rings is 1. The van der Waals surface area contributed by atoms with Gasteiger partial charge < -0.3 is 9.72 Å². The number of aromatic amines is 1. The van der Waals surface area contributed by atoms with Gasteiger partial charge in [0.1, 0.15) is 5.82 Å². The number of aryl methyl sites for hydroxylation is 1. The summed E-state index contributed by atoms with van der Waals surface area (Å²) in [4.78, 5) is 24.9. The Morgan fingerprint density at radius 2 is 1.90 bits per heavy atom. The first-order chi connectivity index (χ1) is 14.2. The molecular formula is C23H32N4O2. The number of likely N-dealkylation sites (tertiary alicyclic amines) is 1. The third-order valence-electron chi connectivity index (χ3n) is 6.09. The first-order valence-electron chi connectivity index (χ1n) is 11.0. The maximum absolute atomic E-state index is 12.1. The van der Waals surface area contributed by atoms with Crippen molar-refractivity contribution >= 4 is 0 Å². The molecule has 2 fully saturated rings. The van der Waals surface area contributed by atoms with Crippen molar-refractivity contribution in [1.29, 1.82) is 0 Å². The fraction of sp³-hybridized carbons (Fsp3) is 0.565. The predicted molar refractivity (Wildman–Crippen MR) is 115 cm³/mol. The standard InChI is InChI=1S/C23H32N4O2/c1-2-5-19-16-22(28)25-23(24-19)21-7-4-3-6-18(21)17-26-10-8-20(9-11-26)27-12-14-29-15-13-27/h3-4,6-7,16,20H,2,5,8-15,17H2,1H3,(H,24,25,28). The third kappa shape index (κ3) is 5.13. The summed E-state index contributed by atoms with van der Waals surface area (Å²) in [6.07, 6.45) is 4.23. The van der Waals surface area contributed by atoms with Gasteiger partial charge in [-0.05, 0) is 37.9 Å². The van der Waals surface area contributed by atoms with Crippen molar-refractivity contribution in [2.45, 2.75) is 45.2 Å². The summed E-state index contributed by atoms with van der Waals surface area (Å²) in [5.41, 5.74) is 3.07. The number of nitrogens with zero attached hydrogens (tertiary/aromatic N) is 3. The average Bonchev–Trinajstić information content (AvgIpc) is 2.75. The molecule has 6 heteroatoms. The number of ether oxygens (including phenoxy) is 1. The maximum atomic E-state index is 12.1. The normalized spacial score (nSPS) is 19.5. The third-order valence-corrected chi connectivity index (χ3v) is 6.09. The topological polar surface area (TPSA) is 61.5 Å². The summed E-state index contributed by atoms with van der Waals surface area (Å²) >= 11 is 0. The highest BCUT2D eigenvalue weighted by molar-refractivity contribution is 5.60. The van der Waals surface area contributed by atoms with Crippen LogP contribution in [0.4, 0.5) is 0 Å². The quantitative estimate of drug-likeness (QED) is 0.813. The van der Waals surface area contributed by atoms with Crippen LogP contribution in [0.2, 0.25) is 0 Å². The number of morpholine rings is 1. The van der Waals surface area contributed by atoms with Gasteiger partial charge in [-0.1, -0.05) is 37.6 Å². The van der Waals surface area contributed by atoms with E-state index in [2.05, 4.69) is 39.9 Å². The van der Waals surface area contributed by atoms with Crippen molar-refractivity contribution in [3.63, 3.8) is 0 Å². The van der Waals surface area contributed by atoms with Crippen LogP contribution in [-0.2, 0) is 17.7 Å². The van der Waals surface area contributed by atoms with Gasteiger partial charge in [0, 0.05) is 43.0 Å². The van der Waals surface area contributed by atoms with Crippen molar-refractivity contribution in [2.24, 2.45) is 0 Å². The molecule has 0 aliphatic carbocycles. The van der Waals surface area contributed by atoms with Gasteiger partial charge in [-0.15, -0.1) is 0 Å². The molecule has 0 atom stereocenters. The van der Waals surface area contributed by atoms with Gasteiger partial charge >= 0.3 is 0 Å². The molecule has 0 radical (unpaired) electrons. The maximum Gasteiger partial charge on any atom is 0.251 e. The molecule has 0 saturated carbocycles. The van der Waals surface area contributed by atoms with Crippen LogP contribution >= 0.6 is 0 Å². The minimum atomic E-state index is -0.0698. The summed E-state index contributed by atoms with van der Waals surface area (Å²) in [5.74, 6) is 0.694. The lowest BCUT2D eigenvalue weighted by Crippen LogP contribution is -2.48. The minimum absolute atomic E-state index is 0.0698. The summed E-state index contributed by atoms with van der Waals surface area (Å²) in [7, 11) is 0. The second kappa shape index (κ2) is 9.65. The second-order valence-electron chi connectivity index (χ2n) is 8.15. The van der Waals surface area contributed by atoms with E-state index in [-0.39, 0.29) is 5.56 Å². The monoisotopic (exact) mass is 396 g/mol. The molecule has 3 heterocycles. The number of H-pyrrole nitrogens is 1. The van der Waals surface area contributed by atoms with Crippen LogP contribution in [0.25, 0.3) is 11.4 Å². The molecule has 0 unspecified atom stereocenters. The number of hydrogen-bond acceptors (Lipinski definition) is 5. The molecule has 2 saturated heterocycles. The Bertz CT molecular complexity index is 852. The molecule has 6 nitrogen and oxygen atoms in total. The Morgan fingerprint density at radius 1 is 1.14 bits per heavy atom. The van der Waals surface area contributed by atoms with E-state index in [1.807, 2.05) is 6.07 Å². The number of hydrogen-bond donors (Lipinski definition) is 1. The van der Waals surface area contributed by atoms with E-state index < -0.39 is 0 Å². The zero-order valence-corrected chi connectivity index (χ0v) is 17.4. The molecule has 2 aliphatic rings. The van der Waals surface area contributed by atoms with E-state index in [1.54, 1.807) is 6.07 Å². The first-order valence-corrected chi connectivity index (χ1v) is 11.0. The summed E-state index contributed by atoms with van der Waals surface area (Å²) in [6, 6.07) is 10.6. The van der Waals surface area contributed by atoms with Gasteiger partial charge in [0.15, 0.2) is 0 Å². The van der Waals surface area contributed by atoms with Crippen molar-refractivity contribution in [3.05, 3.63) is 51.9 Å². The summed E-state index contributed by atoms with van der Waals surface area (Å²) < 4.78 is 5.49. The molecule has 156 valence electrons. The number of nitrogens with one attached hydrogen (secondary N) is 1. The highest BCUT2D eigenvalue weighted by Gasteiger charge is 2.26. The van der Waals surface area contributed by atoms with Gasteiger partial charge in [0.25, 0.3) is 5.56 Å². The van der Waals surface area contributed by atoms with Crippen LogP contribution in [0.1, 0.15) is 37.4 Å². The highest BCUT2D eigenvalue weighted by Crippen LogP contribution is 2.24. The van der Waals surface area contributed by atoms with Crippen LogP contribution in [0.15, 0.2) is 35.1 Å². The van der Waals surface area contributed by atoms with Gasteiger partial charge in [-0.3, -0.25) is 14.6 Å². The smallest absolute Gasteiger partial charge is 0.251 e. The second-order valence-corrected chi connectivity index (χ2v) is 8.15. The SMILES string of the molecule is CCCc1cc(=O)[nH]c(-c2ccccc2CN2CCC(N3CCOCC3)CC2)n1. The molecule has 1 N–H and O–H groups in total. The molecular weight excluding hydrogens is 364 g/mol. The molecule has 2 aromatic rings. The predicted octanol–water partition coefficient (Wildman–Crippen LogP) is 2.69. The average molecular weight is 397 g/mol. The molecule has 1 aromatic heterocycles. The van der Waals surface area contributed by atoms with Gasteiger partial charge in [0.2, 0.25) is 0 Å². The van der Waals surface area contributed by atoms with E-state index in [0.717, 1.165) is 70.0 Å². The lowest BCUT2D eigenvalue weighted by atomic mass is 10.0. The van der Waals surface area contributed by atoms with E-state index in [1.165, 1.54) is 18.4 Å². The van der Waals surface area contributed by atoms with Crippen molar-refractivity contribution in [2.75, 3.05) is 39.4 Å². The van der Waals surface area contributed by atoms with Crippen LogP contribution in [0.3, 0.4) is 0 Å². The van der Waals surface area contributed by atoms with Crippen molar-refractivity contribution < 1.29 is 4.74 Å². The molecule has 29 heavy (non-hydrogen) atoms. The van der Waals surface area contributed by atoms with E-state index >= 15 is 0 Å². The summed E-state index contributed by atoms with van der Waals surface area (Å²) in [6.45, 7) is 9.10. The summed E-state index contributed by atoms with van der Waals surface area (Å²) in [5, 5.41) is 0. The first kappa shape index (κ1) is 20.3. The molecule has 0 amide bonds. The van der Waals surface area contributed by atoms with E-state index in [9.17, 15) is 4.79 Å². The van der Waals surface area contributed by atoms with Gasteiger partial charge in [-0.2, -0.15) is 0 Å². The van der Waals surface area contributed by atoms with Crippen molar-refractivity contribution in [1.82, 2.24) is 19.8 Å². The Labute approximate surface area is 172 Å². The van der Waals surface area contributed by atoms with Crippen LogP contribution in [0, 0.1) is 0 Å². The highest BCUT2D eigenvalue weighted by atomic mass is 16.5. The Balaban J connectivity index is 1.45. The zero-order chi connectivity index (χ0) is 20.1. The lowest BCUT2D eigenvalue weighted by Gasteiger charge is -2.40. The number of aromatic nitrogens is 2. The van der Waals surface area contributed by atoms with Crippen molar-refractivity contribution in [3.8, 4) is 11.4 Å². The zero-order valence-electron chi connectivity index (χ0n) is 17.4. The molecule has 0 bridgehead atoms. The Hall–Kier alpha value is -2.02. The Kier molecular flexibility index (Phi) is 6.74. The number of rotatable bonds is 6. The minimum Gasteiger partial charge on any atom is -0.379 e. The van der Waals surface area contributed by atoms with Gasteiger partial charge in [0.05, 0.1) is 13.2 Å². The van der Waals surface area contributed by atoms with E-state index in [4.69, 9.17) is 9.72 Å². The largest absolute Gasteiger partial charge is 0.379 e. The number of benzene rings is 1. The van der Waals surface area contributed by atoms with E-state index in [0.29, 0.717) is 11.9 Å². The fourth-order valence-corrected chi connectivity index (χ4v) is 4.54.